The van der Waals surface area contributed by atoms with Crippen LogP contribution in [0.1, 0.15) is 1.43 Å². The molecular formula is C4H9KN2O2Se2. The maximum absolute atomic E-state index is 10.0. The fourth-order valence-electron chi connectivity index (χ4n) is 0. The van der Waals surface area contributed by atoms with Crippen LogP contribution < -0.4 is 57.1 Å². The van der Waals surface area contributed by atoms with Crippen molar-refractivity contribution in [2.24, 2.45) is 5.73 Å². The van der Waals surface area contributed by atoms with Crippen LogP contribution in [0.2, 0.25) is 0 Å². The summed E-state index contributed by atoms with van der Waals surface area (Å²) in [6.45, 7) is 0. The van der Waals surface area contributed by atoms with Gasteiger partial charge in [0.2, 0.25) is 0 Å². The van der Waals surface area contributed by atoms with Gasteiger partial charge in [-0.2, -0.15) is 0 Å². The number of nitrogens with zero attached hydrogens (tertiary/aromatic N) is 1. The van der Waals surface area contributed by atoms with Gasteiger partial charge in [-0.3, -0.25) is 0 Å². The summed E-state index contributed by atoms with van der Waals surface area (Å²) in [5.41, 5.74) is 4.42. The van der Waals surface area contributed by atoms with Gasteiger partial charge in [-0.25, -0.2) is 0 Å². The molecule has 0 aromatic rings. The summed E-state index contributed by atoms with van der Waals surface area (Å²) >= 11 is 4.37. The third kappa shape index (κ3) is 34.1. The fraction of sp³-hybridized carbons (Fsp3) is 0.500. The van der Waals surface area contributed by atoms with Crippen LogP contribution in [0.3, 0.4) is 0 Å². The second-order valence-electron chi connectivity index (χ2n) is 1.48. The molecule has 2 N–H and O–H groups in total. The second kappa shape index (κ2) is 11.6. The van der Waals surface area contributed by atoms with Crippen LogP contribution in [-0.2, 0) is 0 Å². The Bertz CT molecular complexity index is 132. The van der Waals surface area contributed by atoms with Gasteiger partial charge in [0, 0.05) is 0 Å². The van der Waals surface area contributed by atoms with E-state index in [9.17, 15) is 4.79 Å². The molecule has 0 fully saturated rings. The SMILES string of the molecule is CN(C)C(=O)[Se].NC(=O)[Se].[H-].[K+]. The zero-order chi connectivity index (χ0) is 8.73. The summed E-state index contributed by atoms with van der Waals surface area (Å²) < 4.78 is 0. The van der Waals surface area contributed by atoms with Gasteiger partial charge in [0.05, 0.1) is 0 Å². The van der Waals surface area contributed by atoms with Crippen molar-refractivity contribution in [2.75, 3.05) is 14.1 Å². The number of nitrogens with two attached hydrogens (primary N) is 1. The van der Waals surface area contributed by atoms with Crippen molar-refractivity contribution in [3.63, 3.8) is 0 Å². The number of rotatable bonds is 0. The Kier molecular flexibility index (Phi) is 19.4. The molecule has 0 heterocycles. The molecule has 0 spiro atoms. The van der Waals surface area contributed by atoms with Crippen LogP contribution in [0.15, 0.2) is 0 Å². The van der Waals surface area contributed by atoms with Crippen molar-refractivity contribution in [1.82, 2.24) is 4.90 Å². The van der Waals surface area contributed by atoms with Gasteiger partial charge in [-0.15, -0.1) is 0 Å². The molecule has 0 saturated carbocycles. The van der Waals surface area contributed by atoms with Crippen LogP contribution >= 0.6 is 0 Å². The van der Waals surface area contributed by atoms with Crippen molar-refractivity contribution >= 4 is 41.6 Å². The van der Waals surface area contributed by atoms with E-state index in [1.165, 1.54) is 4.90 Å². The minimum Gasteiger partial charge on any atom is -1.00 e. The van der Waals surface area contributed by atoms with Gasteiger partial charge in [0.25, 0.3) is 0 Å². The van der Waals surface area contributed by atoms with Crippen molar-refractivity contribution in [1.29, 1.82) is 0 Å². The molecule has 0 aliphatic carbocycles. The molecule has 11 heavy (non-hydrogen) atoms. The van der Waals surface area contributed by atoms with Crippen LogP contribution in [0.5, 0.6) is 0 Å². The largest absolute Gasteiger partial charge is 1.00 e. The minimum absolute atomic E-state index is 0. The zero-order valence-electron chi connectivity index (χ0n) is 7.66. The maximum atomic E-state index is 10.0. The normalized spacial score (nSPS) is 6.36. The first-order valence-corrected chi connectivity index (χ1v) is 3.94. The van der Waals surface area contributed by atoms with Gasteiger partial charge in [-0.1, -0.05) is 0 Å². The van der Waals surface area contributed by atoms with E-state index in [1.807, 2.05) is 16.0 Å². The van der Waals surface area contributed by atoms with Crippen molar-refractivity contribution in [3.8, 4) is 0 Å². The van der Waals surface area contributed by atoms with Crippen molar-refractivity contribution in [3.05, 3.63) is 0 Å². The average molecular weight is 314 g/mol. The number of hydrogen-bond acceptors (Lipinski definition) is 2. The molecule has 2 amide bonds. The topological polar surface area (TPSA) is 63.4 Å². The third-order valence-corrected chi connectivity index (χ3v) is 1.13. The van der Waals surface area contributed by atoms with Crippen LogP contribution in [0, 0.1) is 0 Å². The molecule has 7 heteroatoms. The second-order valence-corrected chi connectivity index (χ2v) is 3.06. The average Bonchev–Trinajstić information content (AvgIpc) is 1.63. The van der Waals surface area contributed by atoms with Crippen molar-refractivity contribution < 1.29 is 62.4 Å². The van der Waals surface area contributed by atoms with E-state index in [1.54, 1.807) is 14.1 Å². The molecule has 0 bridgehead atoms. The van der Waals surface area contributed by atoms with Crippen LogP contribution in [0.25, 0.3) is 0 Å². The molecule has 0 aromatic heterocycles. The first kappa shape index (κ1) is 18.4. The third-order valence-electron chi connectivity index (χ3n) is 0.365. The summed E-state index contributed by atoms with van der Waals surface area (Å²) in [7, 11) is 3.39. The number of carbonyl (C=O) groups excluding carboxylic acids is 2. The molecule has 2 radical (unpaired) electrons. The van der Waals surface area contributed by atoms with Gasteiger partial charge < -0.3 is 1.43 Å². The monoisotopic (exact) mass is 316 g/mol. The predicted octanol–water partition coefficient (Wildman–Crippen LogP) is -3.81. The van der Waals surface area contributed by atoms with Gasteiger partial charge in [0.1, 0.15) is 0 Å². The smallest absolute Gasteiger partial charge is 1.00 e. The van der Waals surface area contributed by atoms with Gasteiger partial charge in [0.15, 0.2) is 0 Å². The first-order valence-electron chi connectivity index (χ1n) is 2.22. The Labute approximate surface area is 127 Å². The molecular weight excluding hydrogens is 305 g/mol. The van der Waals surface area contributed by atoms with Gasteiger partial charge >= 0.3 is 127 Å². The Morgan fingerprint density at radius 1 is 1.36 bits per heavy atom. The molecule has 0 aromatic carbocycles. The van der Waals surface area contributed by atoms with E-state index in [-0.39, 0.29) is 57.6 Å². The van der Waals surface area contributed by atoms with E-state index in [0.717, 1.165) is 0 Å². The summed E-state index contributed by atoms with van der Waals surface area (Å²) in [5, 5.41) is 0. The van der Waals surface area contributed by atoms with Gasteiger partial charge in [-0.05, 0) is 0 Å². The number of carbonyl (C=O) groups is 2. The van der Waals surface area contributed by atoms with E-state index in [4.69, 9.17) is 4.79 Å². The summed E-state index contributed by atoms with van der Waals surface area (Å²) in [6.07, 6.45) is 0. The fourth-order valence-corrected chi connectivity index (χ4v) is 0. The predicted molar refractivity (Wildman–Crippen MR) is 41.3 cm³/mol. The molecule has 60 valence electrons. The Hall–Kier alpha value is 1.62. The van der Waals surface area contributed by atoms with Crippen molar-refractivity contribution in [2.45, 2.75) is 0 Å². The van der Waals surface area contributed by atoms with E-state index in [2.05, 4.69) is 21.7 Å². The Morgan fingerprint density at radius 2 is 1.45 bits per heavy atom. The number of amides is 2. The maximum Gasteiger partial charge on any atom is 1.00 e. The van der Waals surface area contributed by atoms with Crippen LogP contribution in [-0.4, -0.2) is 60.6 Å². The number of primary amides is 1. The minimum atomic E-state index is -0.458. The number of hydrogen-bond donors (Lipinski definition) is 1. The molecule has 0 aliphatic heterocycles. The van der Waals surface area contributed by atoms with Crippen LogP contribution in [0.4, 0.5) is 9.59 Å². The van der Waals surface area contributed by atoms with E-state index < -0.39 is 4.81 Å². The standard InChI is InChI=1S/C3H6NOSe.CH2NOSe.K.H/c1-4(2)3(5)6;2-1(3)4;;/h1-2H3;(H2,2,3);;/q;;+1;-1. The summed E-state index contributed by atoms with van der Waals surface area (Å²) in [6, 6.07) is 0. The first-order chi connectivity index (χ1) is 4.37. The van der Waals surface area contributed by atoms with E-state index >= 15 is 0 Å². The molecule has 4 nitrogen and oxygen atoms in total. The quantitative estimate of drug-likeness (QED) is 0.466. The molecule has 0 unspecified atom stereocenters. The zero-order valence-corrected chi connectivity index (χ0v) is 13.2. The molecule has 0 atom stereocenters. The summed E-state index contributed by atoms with van der Waals surface area (Å²) in [4.78, 5) is 20.2. The Balaban J connectivity index is -0.0000000483. The molecule has 0 aliphatic rings. The van der Waals surface area contributed by atoms with E-state index in [0.29, 0.717) is 0 Å². The molecule has 0 rings (SSSR count). The Morgan fingerprint density at radius 3 is 1.45 bits per heavy atom. The summed E-state index contributed by atoms with van der Waals surface area (Å²) in [5.74, 6) is 0. The molecule has 0 saturated heterocycles.